The fourth-order valence-corrected chi connectivity index (χ4v) is 1.64. The molecule has 0 saturated heterocycles. The second-order valence-electron chi connectivity index (χ2n) is 3.80. The van der Waals surface area contributed by atoms with Crippen molar-refractivity contribution in [3.05, 3.63) is 52.7 Å². The zero-order valence-electron chi connectivity index (χ0n) is 9.74. The Kier molecular flexibility index (Phi) is 4.18. The van der Waals surface area contributed by atoms with Crippen LogP contribution in [-0.4, -0.2) is 4.98 Å². The van der Waals surface area contributed by atoms with Gasteiger partial charge in [-0.3, -0.25) is 0 Å². The Hall–Kier alpha value is -1.32. The Bertz CT molecular complexity index is 465. The molecule has 0 fully saturated rings. The monoisotopic (exact) mass is 250 g/mol. The van der Waals surface area contributed by atoms with Crippen LogP contribution in [0.4, 0.5) is 0 Å². The van der Waals surface area contributed by atoms with Crippen LogP contribution in [0.25, 0.3) is 0 Å². The van der Waals surface area contributed by atoms with E-state index in [1.54, 1.807) is 6.20 Å². The first-order valence-electron chi connectivity index (χ1n) is 5.66. The van der Waals surface area contributed by atoms with Crippen LogP contribution in [0.5, 0.6) is 0 Å². The van der Waals surface area contributed by atoms with E-state index in [4.69, 9.17) is 16.0 Å². The predicted octanol–water partition coefficient (Wildman–Crippen LogP) is 3.18. The Balaban J connectivity index is 1.81. The molecule has 1 aromatic heterocycles. The van der Waals surface area contributed by atoms with Crippen LogP contribution >= 0.6 is 11.6 Å². The summed E-state index contributed by atoms with van der Waals surface area (Å²) in [4.78, 5) is 4.18. The highest BCUT2D eigenvalue weighted by molar-refractivity contribution is 6.30. The van der Waals surface area contributed by atoms with Crippen molar-refractivity contribution in [1.82, 2.24) is 10.3 Å². The van der Waals surface area contributed by atoms with Gasteiger partial charge in [-0.25, -0.2) is 4.98 Å². The Labute approximate surface area is 106 Å². The molecule has 4 heteroatoms. The Morgan fingerprint density at radius 2 is 2.00 bits per heavy atom. The van der Waals surface area contributed by atoms with Crippen LogP contribution in [0.15, 0.2) is 34.9 Å². The topological polar surface area (TPSA) is 38.1 Å². The molecule has 2 aromatic rings. The summed E-state index contributed by atoms with van der Waals surface area (Å²) in [5.74, 6) is 1.66. The molecule has 0 amide bonds. The largest absolute Gasteiger partial charge is 0.444 e. The second-order valence-corrected chi connectivity index (χ2v) is 4.24. The molecule has 1 aromatic carbocycles. The van der Waals surface area contributed by atoms with Crippen molar-refractivity contribution in [1.29, 1.82) is 0 Å². The number of aryl methyl sites for hydroxylation is 1. The minimum absolute atomic E-state index is 0.641. The molecule has 0 unspecified atom stereocenters. The third kappa shape index (κ3) is 3.58. The molecule has 1 heterocycles. The lowest BCUT2D eigenvalue weighted by molar-refractivity contribution is 0.439. The van der Waals surface area contributed by atoms with Gasteiger partial charge < -0.3 is 9.73 Å². The lowest BCUT2D eigenvalue weighted by Crippen LogP contribution is -2.12. The van der Waals surface area contributed by atoms with Crippen LogP contribution in [-0.2, 0) is 19.5 Å². The molecular formula is C13H15ClN2O. The lowest BCUT2D eigenvalue weighted by Gasteiger charge is -2.02. The summed E-state index contributed by atoms with van der Waals surface area (Å²) < 4.78 is 5.50. The number of hydrogen-bond acceptors (Lipinski definition) is 3. The SMILES string of the molecule is CCc1cnc(CNCc2ccc(Cl)cc2)o1. The van der Waals surface area contributed by atoms with Crippen molar-refractivity contribution >= 4 is 11.6 Å². The first-order chi connectivity index (χ1) is 8.28. The molecule has 2 rings (SSSR count). The molecule has 3 nitrogen and oxygen atoms in total. The summed E-state index contributed by atoms with van der Waals surface area (Å²) in [6, 6.07) is 7.78. The molecule has 0 aliphatic rings. The highest BCUT2D eigenvalue weighted by Crippen LogP contribution is 2.09. The van der Waals surface area contributed by atoms with Crippen LogP contribution in [0.2, 0.25) is 5.02 Å². The number of hydrogen-bond donors (Lipinski definition) is 1. The molecule has 0 aliphatic heterocycles. The van der Waals surface area contributed by atoms with E-state index in [0.717, 1.165) is 29.6 Å². The van der Waals surface area contributed by atoms with Gasteiger partial charge in [0.2, 0.25) is 5.89 Å². The van der Waals surface area contributed by atoms with Crippen LogP contribution in [0.1, 0.15) is 24.1 Å². The number of nitrogens with zero attached hydrogens (tertiary/aromatic N) is 1. The zero-order chi connectivity index (χ0) is 12.1. The maximum atomic E-state index is 5.81. The van der Waals surface area contributed by atoms with E-state index in [1.165, 1.54) is 5.56 Å². The third-order valence-electron chi connectivity index (χ3n) is 2.47. The van der Waals surface area contributed by atoms with E-state index in [2.05, 4.69) is 10.3 Å². The van der Waals surface area contributed by atoms with Gasteiger partial charge in [0.15, 0.2) is 0 Å². The van der Waals surface area contributed by atoms with Crippen molar-refractivity contribution in [2.75, 3.05) is 0 Å². The van der Waals surface area contributed by atoms with Crippen molar-refractivity contribution in [3.63, 3.8) is 0 Å². The van der Waals surface area contributed by atoms with E-state index in [9.17, 15) is 0 Å². The lowest BCUT2D eigenvalue weighted by atomic mass is 10.2. The molecular weight excluding hydrogens is 236 g/mol. The van der Waals surface area contributed by atoms with E-state index in [-0.39, 0.29) is 0 Å². The molecule has 0 bridgehead atoms. The first kappa shape index (κ1) is 12.1. The number of nitrogens with one attached hydrogen (secondary N) is 1. The molecule has 0 atom stereocenters. The van der Waals surface area contributed by atoms with Gasteiger partial charge in [-0.05, 0) is 17.7 Å². The number of benzene rings is 1. The smallest absolute Gasteiger partial charge is 0.208 e. The fourth-order valence-electron chi connectivity index (χ4n) is 1.51. The summed E-state index contributed by atoms with van der Waals surface area (Å²) in [7, 11) is 0. The van der Waals surface area contributed by atoms with Gasteiger partial charge in [0.1, 0.15) is 5.76 Å². The zero-order valence-corrected chi connectivity index (χ0v) is 10.5. The average Bonchev–Trinajstić information content (AvgIpc) is 2.80. The normalized spacial score (nSPS) is 10.7. The molecule has 1 N–H and O–H groups in total. The molecule has 0 aliphatic carbocycles. The first-order valence-corrected chi connectivity index (χ1v) is 6.04. The number of rotatable bonds is 5. The second kappa shape index (κ2) is 5.84. The van der Waals surface area contributed by atoms with Crippen molar-refractivity contribution < 1.29 is 4.42 Å². The van der Waals surface area contributed by atoms with Crippen molar-refractivity contribution in [2.45, 2.75) is 26.4 Å². The van der Waals surface area contributed by atoms with Crippen LogP contribution in [0, 0.1) is 0 Å². The average molecular weight is 251 g/mol. The van der Waals surface area contributed by atoms with Gasteiger partial charge in [0, 0.05) is 18.0 Å². The van der Waals surface area contributed by atoms with E-state index < -0.39 is 0 Å². The Morgan fingerprint density at radius 3 is 2.65 bits per heavy atom. The molecule has 0 radical (unpaired) electrons. The van der Waals surface area contributed by atoms with Gasteiger partial charge in [-0.1, -0.05) is 30.7 Å². The van der Waals surface area contributed by atoms with Crippen molar-refractivity contribution in [3.8, 4) is 0 Å². The van der Waals surface area contributed by atoms with Crippen LogP contribution in [0.3, 0.4) is 0 Å². The summed E-state index contributed by atoms with van der Waals surface area (Å²) in [6.07, 6.45) is 2.66. The highest BCUT2D eigenvalue weighted by atomic mass is 35.5. The van der Waals surface area contributed by atoms with Gasteiger partial charge in [-0.2, -0.15) is 0 Å². The number of halogens is 1. The summed E-state index contributed by atoms with van der Waals surface area (Å²) in [6.45, 7) is 3.47. The van der Waals surface area contributed by atoms with Gasteiger partial charge in [0.25, 0.3) is 0 Å². The maximum Gasteiger partial charge on any atom is 0.208 e. The van der Waals surface area contributed by atoms with E-state index in [0.29, 0.717) is 6.54 Å². The minimum Gasteiger partial charge on any atom is -0.444 e. The maximum absolute atomic E-state index is 5.81. The minimum atomic E-state index is 0.641. The highest BCUT2D eigenvalue weighted by Gasteiger charge is 2.01. The van der Waals surface area contributed by atoms with E-state index >= 15 is 0 Å². The van der Waals surface area contributed by atoms with Gasteiger partial charge >= 0.3 is 0 Å². The summed E-state index contributed by atoms with van der Waals surface area (Å²) in [5, 5.41) is 4.03. The number of aromatic nitrogens is 1. The summed E-state index contributed by atoms with van der Waals surface area (Å²) >= 11 is 5.81. The molecule has 0 spiro atoms. The third-order valence-corrected chi connectivity index (χ3v) is 2.72. The van der Waals surface area contributed by atoms with E-state index in [1.807, 2.05) is 31.2 Å². The fraction of sp³-hybridized carbons (Fsp3) is 0.308. The van der Waals surface area contributed by atoms with Crippen molar-refractivity contribution in [2.24, 2.45) is 0 Å². The molecule has 90 valence electrons. The number of oxazole rings is 1. The molecule has 0 saturated carbocycles. The summed E-state index contributed by atoms with van der Waals surface area (Å²) in [5.41, 5.74) is 1.19. The quantitative estimate of drug-likeness (QED) is 0.886. The van der Waals surface area contributed by atoms with Gasteiger partial charge in [-0.15, -0.1) is 0 Å². The van der Waals surface area contributed by atoms with Gasteiger partial charge in [0.05, 0.1) is 12.7 Å². The van der Waals surface area contributed by atoms with Crippen LogP contribution < -0.4 is 5.32 Å². The molecule has 17 heavy (non-hydrogen) atoms. The standard InChI is InChI=1S/C13H15ClN2O/c1-2-12-8-16-13(17-12)9-15-7-10-3-5-11(14)6-4-10/h3-6,8,15H,2,7,9H2,1H3. The predicted molar refractivity (Wildman–Crippen MR) is 67.9 cm³/mol. The Morgan fingerprint density at radius 1 is 1.24 bits per heavy atom.